The molecule has 1 saturated heterocycles. The fourth-order valence-electron chi connectivity index (χ4n) is 3.48. The number of carbonyl (C=O) groups is 2. The Morgan fingerprint density at radius 3 is 2.13 bits per heavy atom. The molecule has 1 heterocycles. The normalized spacial score (nSPS) is 19.3. The summed E-state index contributed by atoms with van der Waals surface area (Å²) in [6, 6.07) is 17.2. The van der Waals surface area contributed by atoms with Crippen molar-refractivity contribution >= 4 is 18.0 Å². The van der Waals surface area contributed by atoms with Gasteiger partial charge in [0.2, 0.25) is 12.3 Å². The number of benzene rings is 3. The molecule has 0 saturated carbocycles. The van der Waals surface area contributed by atoms with Gasteiger partial charge in [-0.2, -0.15) is 0 Å². The van der Waals surface area contributed by atoms with Crippen LogP contribution in [-0.4, -0.2) is 28.8 Å². The van der Waals surface area contributed by atoms with Crippen molar-refractivity contribution in [3.8, 4) is 0 Å². The fraction of sp³-hybridized carbons (Fsp3) is 0.125. The van der Waals surface area contributed by atoms with Gasteiger partial charge in [-0.05, 0) is 55.5 Å². The van der Waals surface area contributed by atoms with E-state index in [-0.39, 0.29) is 17.3 Å². The summed E-state index contributed by atoms with van der Waals surface area (Å²) in [5.74, 6) is -1.69. The van der Waals surface area contributed by atoms with Crippen molar-refractivity contribution in [1.29, 1.82) is 0 Å². The molecule has 0 radical (unpaired) electrons. The Kier molecular flexibility index (Phi) is 5.58. The fourth-order valence-corrected chi connectivity index (χ4v) is 3.48. The molecule has 4 rings (SSSR count). The smallest absolute Gasteiger partial charge is 0.304 e. The third-order valence-electron chi connectivity index (χ3n) is 5.11. The number of hydrogen-bond acceptors (Lipinski definition) is 2. The lowest BCUT2D eigenvalue weighted by Crippen LogP contribution is -2.42. The summed E-state index contributed by atoms with van der Waals surface area (Å²) < 4.78 is 28.1. The van der Waals surface area contributed by atoms with Gasteiger partial charge in [-0.25, -0.2) is 8.78 Å². The molecule has 31 heavy (non-hydrogen) atoms. The highest BCUT2D eigenvalue weighted by molar-refractivity contribution is 5.98. The Morgan fingerprint density at radius 1 is 0.935 bits per heavy atom. The molecule has 5 nitrogen and oxygen atoms in total. The van der Waals surface area contributed by atoms with Crippen LogP contribution in [0.4, 0.5) is 8.78 Å². The third-order valence-corrected chi connectivity index (χ3v) is 5.11. The standard InChI is InChI=1S/C24H19F2N3O2/c1-15-2-6-17(7-3-15)22-21(27-23(30)18-8-12-20(26)13-9-18)24(31)28-29(22)14-16-4-10-19(25)11-5-16/h2-14,21-22H,1H3,(H-,27,28,30,31)/p+1/b29-14-/t21-,22+/m1/s1. The van der Waals surface area contributed by atoms with Gasteiger partial charge in [-0.1, -0.05) is 29.8 Å². The quantitative estimate of drug-likeness (QED) is 0.637. The van der Waals surface area contributed by atoms with Gasteiger partial charge >= 0.3 is 5.91 Å². The van der Waals surface area contributed by atoms with Crippen LogP contribution < -0.4 is 10.7 Å². The van der Waals surface area contributed by atoms with E-state index in [1.54, 1.807) is 23.0 Å². The van der Waals surface area contributed by atoms with Gasteiger partial charge in [-0.3, -0.25) is 9.59 Å². The van der Waals surface area contributed by atoms with Gasteiger partial charge in [0, 0.05) is 16.7 Å². The summed E-state index contributed by atoms with van der Waals surface area (Å²) in [4.78, 5) is 25.5. The minimum absolute atomic E-state index is 0.248. The molecule has 1 aliphatic rings. The zero-order valence-electron chi connectivity index (χ0n) is 16.7. The molecular weight excluding hydrogens is 400 g/mol. The molecule has 2 atom stereocenters. The van der Waals surface area contributed by atoms with Crippen molar-refractivity contribution in [3.05, 3.63) is 107 Å². The number of rotatable bonds is 4. The molecule has 1 fully saturated rings. The maximum atomic E-state index is 13.3. The first kappa shape index (κ1) is 20.4. The van der Waals surface area contributed by atoms with Gasteiger partial charge in [0.25, 0.3) is 5.91 Å². The van der Waals surface area contributed by atoms with Gasteiger partial charge in [0.1, 0.15) is 11.6 Å². The van der Waals surface area contributed by atoms with Crippen LogP contribution >= 0.6 is 0 Å². The van der Waals surface area contributed by atoms with Crippen LogP contribution in [0.25, 0.3) is 0 Å². The predicted octanol–water partition coefficient (Wildman–Crippen LogP) is 3.29. The van der Waals surface area contributed by atoms with Gasteiger partial charge in [0.05, 0.1) is 0 Å². The lowest BCUT2D eigenvalue weighted by atomic mass is 9.98. The van der Waals surface area contributed by atoms with Crippen molar-refractivity contribution in [2.75, 3.05) is 0 Å². The van der Waals surface area contributed by atoms with E-state index in [0.29, 0.717) is 5.56 Å². The van der Waals surface area contributed by atoms with Crippen LogP contribution in [0.15, 0.2) is 72.8 Å². The van der Waals surface area contributed by atoms with E-state index < -0.39 is 23.8 Å². The zero-order valence-corrected chi connectivity index (χ0v) is 16.7. The van der Waals surface area contributed by atoms with Crippen molar-refractivity contribution in [2.24, 2.45) is 0 Å². The molecule has 3 aromatic rings. The number of nitrogens with zero attached hydrogens (tertiary/aromatic N) is 1. The second kappa shape index (κ2) is 8.47. The summed E-state index contributed by atoms with van der Waals surface area (Å²) >= 11 is 0. The summed E-state index contributed by atoms with van der Waals surface area (Å²) in [5, 5.41) is 2.76. The second-order valence-electron chi connectivity index (χ2n) is 7.38. The maximum absolute atomic E-state index is 13.3. The number of carbonyl (C=O) groups excluding carboxylic acids is 2. The molecule has 1 aliphatic heterocycles. The first-order valence-corrected chi connectivity index (χ1v) is 9.73. The lowest BCUT2D eigenvalue weighted by Gasteiger charge is -2.15. The molecule has 0 spiro atoms. The first-order valence-electron chi connectivity index (χ1n) is 9.73. The molecule has 156 valence electrons. The van der Waals surface area contributed by atoms with Crippen LogP contribution in [0.1, 0.15) is 33.1 Å². The topological polar surface area (TPSA) is 61.2 Å². The summed E-state index contributed by atoms with van der Waals surface area (Å²) in [7, 11) is 0. The van der Waals surface area contributed by atoms with Crippen LogP contribution in [-0.2, 0) is 4.79 Å². The van der Waals surface area contributed by atoms with Gasteiger partial charge in [-0.15, -0.1) is 10.1 Å². The average molecular weight is 420 g/mol. The number of hydrogen-bond donors (Lipinski definition) is 2. The molecule has 0 aliphatic carbocycles. The van der Waals surface area contributed by atoms with Gasteiger partial charge < -0.3 is 5.32 Å². The molecule has 7 heteroatoms. The van der Waals surface area contributed by atoms with Crippen molar-refractivity contribution < 1.29 is 23.1 Å². The summed E-state index contributed by atoms with van der Waals surface area (Å²) in [6.45, 7) is 1.96. The van der Waals surface area contributed by atoms with Gasteiger partial charge in [0.15, 0.2) is 6.04 Å². The number of hydrazone groups is 1. The number of aryl methyl sites for hydroxylation is 1. The number of nitrogens with one attached hydrogen (secondary N) is 2. The van der Waals surface area contributed by atoms with E-state index in [1.165, 1.54) is 36.4 Å². The van der Waals surface area contributed by atoms with E-state index in [9.17, 15) is 18.4 Å². The average Bonchev–Trinajstić information content (AvgIpc) is 3.05. The highest BCUT2D eigenvalue weighted by Gasteiger charge is 2.47. The number of hydrazine groups is 1. The molecular formula is C24H20F2N3O2+. The Bertz CT molecular complexity index is 1140. The first-order chi connectivity index (χ1) is 14.9. The second-order valence-corrected chi connectivity index (χ2v) is 7.38. The maximum Gasteiger partial charge on any atom is 0.304 e. The highest BCUT2D eigenvalue weighted by Crippen LogP contribution is 2.26. The highest BCUT2D eigenvalue weighted by atomic mass is 19.1. The Balaban J connectivity index is 1.69. The molecule has 0 unspecified atom stereocenters. The molecule has 3 aromatic carbocycles. The number of halogens is 2. The minimum atomic E-state index is -0.892. The summed E-state index contributed by atoms with van der Waals surface area (Å²) in [6.07, 6.45) is 1.69. The van der Waals surface area contributed by atoms with E-state index in [4.69, 9.17) is 0 Å². The molecule has 0 aromatic heterocycles. The van der Waals surface area contributed by atoms with Crippen LogP contribution in [0, 0.1) is 18.6 Å². The van der Waals surface area contributed by atoms with Crippen LogP contribution in [0.3, 0.4) is 0 Å². The van der Waals surface area contributed by atoms with Crippen molar-refractivity contribution in [3.63, 3.8) is 0 Å². The minimum Gasteiger partial charge on any atom is -0.334 e. The Morgan fingerprint density at radius 2 is 1.52 bits per heavy atom. The lowest BCUT2D eigenvalue weighted by molar-refractivity contribution is -0.596. The van der Waals surface area contributed by atoms with E-state index in [1.807, 2.05) is 31.2 Å². The van der Waals surface area contributed by atoms with Crippen molar-refractivity contribution in [1.82, 2.24) is 10.7 Å². The van der Waals surface area contributed by atoms with Crippen LogP contribution in [0.5, 0.6) is 0 Å². The molecule has 0 bridgehead atoms. The van der Waals surface area contributed by atoms with Crippen LogP contribution in [0.2, 0.25) is 0 Å². The molecule has 2 N–H and O–H groups in total. The molecule has 2 amide bonds. The van der Waals surface area contributed by atoms with Crippen molar-refractivity contribution in [2.45, 2.75) is 19.0 Å². The van der Waals surface area contributed by atoms with E-state index >= 15 is 0 Å². The zero-order chi connectivity index (χ0) is 22.0. The largest absolute Gasteiger partial charge is 0.334 e. The SMILES string of the molecule is Cc1ccc([C@H]2[C@@H](NC(=O)c3ccc(F)cc3)C(=O)N/[N+]2=C\c2ccc(F)cc2)cc1. The monoisotopic (exact) mass is 420 g/mol. The Labute approximate surface area is 178 Å². The Hall–Kier alpha value is -3.87. The number of amides is 2. The predicted molar refractivity (Wildman–Crippen MR) is 112 cm³/mol. The third kappa shape index (κ3) is 4.50. The van der Waals surface area contributed by atoms with E-state index in [2.05, 4.69) is 10.7 Å². The summed E-state index contributed by atoms with van der Waals surface area (Å²) in [5.41, 5.74) is 5.57. The van der Waals surface area contributed by atoms with E-state index in [0.717, 1.165) is 11.1 Å².